The van der Waals surface area contributed by atoms with Crippen molar-refractivity contribution in [3.8, 4) is 0 Å². The van der Waals surface area contributed by atoms with Gasteiger partial charge in [-0.2, -0.15) is 0 Å². The topological polar surface area (TPSA) is 49.8 Å². The van der Waals surface area contributed by atoms with Crippen LogP contribution in [0.1, 0.15) is 22.7 Å². The molecule has 2 unspecified atom stereocenters. The Kier molecular flexibility index (Phi) is 3.07. The van der Waals surface area contributed by atoms with Crippen LogP contribution in [0, 0.1) is 5.92 Å². The molecule has 2 aromatic heterocycles. The molecule has 0 aromatic carbocycles. The van der Waals surface area contributed by atoms with E-state index in [1.807, 2.05) is 17.0 Å². The number of likely N-dealkylation sites (tertiary alicyclic amines) is 2. The number of hydrogen-bond donors (Lipinski definition) is 0. The third-order valence-corrected chi connectivity index (χ3v) is 4.48. The van der Waals surface area contributed by atoms with E-state index < -0.39 is 0 Å². The maximum Gasteiger partial charge on any atom is 0.289 e. The molecule has 2 bridgehead atoms. The van der Waals surface area contributed by atoms with Crippen LogP contribution in [0.15, 0.2) is 45.6 Å². The van der Waals surface area contributed by atoms with Gasteiger partial charge in [-0.1, -0.05) is 0 Å². The van der Waals surface area contributed by atoms with Crippen LogP contribution in [0.25, 0.3) is 0 Å². The average molecular weight is 286 g/mol. The molecule has 4 heterocycles. The summed E-state index contributed by atoms with van der Waals surface area (Å²) in [5.74, 6) is 1.99. The summed E-state index contributed by atoms with van der Waals surface area (Å²) in [6.07, 6.45) is 4.43. The van der Waals surface area contributed by atoms with Gasteiger partial charge in [0, 0.05) is 25.7 Å². The van der Waals surface area contributed by atoms with Crippen molar-refractivity contribution in [2.75, 3.05) is 19.6 Å². The second kappa shape index (κ2) is 5.07. The van der Waals surface area contributed by atoms with Crippen molar-refractivity contribution in [3.05, 3.63) is 48.3 Å². The van der Waals surface area contributed by atoms with E-state index in [4.69, 9.17) is 8.83 Å². The molecule has 110 valence electrons. The predicted octanol–water partition coefficient (Wildman–Crippen LogP) is 2.22. The molecule has 2 aliphatic rings. The van der Waals surface area contributed by atoms with E-state index in [1.165, 1.54) is 6.42 Å². The van der Waals surface area contributed by atoms with Gasteiger partial charge in [-0.3, -0.25) is 9.69 Å². The molecule has 0 N–H and O–H groups in total. The van der Waals surface area contributed by atoms with Crippen molar-refractivity contribution < 1.29 is 13.6 Å². The maximum atomic E-state index is 12.4. The van der Waals surface area contributed by atoms with Crippen molar-refractivity contribution >= 4 is 5.91 Å². The fourth-order valence-electron chi connectivity index (χ4n) is 3.57. The zero-order valence-electron chi connectivity index (χ0n) is 11.8. The largest absolute Gasteiger partial charge is 0.468 e. The molecule has 0 radical (unpaired) electrons. The number of piperidine rings is 1. The summed E-state index contributed by atoms with van der Waals surface area (Å²) < 4.78 is 10.7. The molecule has 5 nitrogen and oxygen atoms in total. The number of carbonyl (C=O) groups excluding carboxylic acids is 1. The minimum Gasteiger partial charge on any atom is -0.468 e. The third-order valence-electron chi connectivity index (χ3n) is 4.48. The van der Waals surface area contributed by atoms with Gasteiger partial charge in [0.05, 0.1) is 19.1 Å². The van der Waals surface area contributed by atoms with Gasteiger partial charge < -0.3 is 13.7 Å². The van der Waals surface area contributed by atoms with Gasteiger partial charge >= 0.3 is 0 Å². The molecule has 0 aliphatic carbocycles. The van der Waals surface area contributed by atoms with Crippen LogP contribution < -0.4 is 0 Å². The molecule has 4 rings (SSSR count). The monoisotopic (exact) mass is 286 g/mol. The zero-order chi connectivity index (χ0) is 14.2. The molecular formula is C16H18N2O3. The zero-order valence-corrected chi connectivity index (χ0v) is 11.8. The van der Waals surface area contributed by atoms with E-state index in [2.05, 4.69) is 4.90 Å². The molecular weight excluding hydrogens is 268 g/mol. The maximum absolute atomic E-state index is 12.4. The fraction of sp³-hybridized carbons (Fsp3) is 0.438. The lowest BCUT2D eigenvalue weighted by molar-refractivity contribution is 0.0634. The van der Waals surface area contributed by atoms with Crippen LogP contribution in [0.4, 0.5) is 0 Å². The Labute approximate surface area is 123 Å². The molecule has 2 aliphatic heterocycles. The average Bonchev–Trinajstić information content (AvgIpc) is 3.22. The molecule has 0 saturated carbocycles. The van der Waals surface area contributed by atoms with E-state index in [0.29, 0.717) is 17.7 Å². The normalized spacial score (nSPS) is 25.4. The summed E-state index contributed by atoms with van der Waals surface area (Å²) in [6, 6.07) is 7.85. The van der Waals surface area contributed by atoms with E-state index in [0.717, 1.165) is 31.9 Å². The summed E-state index contributed by atoms with van der Waals surface area (Å²) in [5.41, 5.74) is 0. The van der Waals surface area contributed by atoms with Gasteiger partial charge in [0.2, 0.25) is 0 Å². The van der Waals surface area contributed by atoms with Crippen LogP contribution in [-0.2, 0) is 6.54 Å². The Morgan fingerprint density at radius 3 is 2.76 bits per heavy atom. The second-order valence-corrected chi connectivity index (χ2v) is 5.95. The molecule has 2 fully saturated rings. The number of nitrogens with zero attached hydrogens (tertiary/aromatic N) is 2. The van der Waals surface area contributed by atoms with Gasteiger partial charge in [-0.25, -0.2) is 0 Å². The lowest BCUT2D eigenvalue weighted by Crippen LogP contribution is -2.45. The number of furan rings is 2. The van der Waals surface area contributed by atoms with Gasteiger partial charge in [-0.05, 0) is 36.6 Å². The Bertz CT molecular complexity index is 606. The fourth-order valence-corrected chi connectivity index (χ4v) is 3.57. The van der Waals surface area contributed by atoms with Gasteiger partial charge in [0.25, 0.3) is 5.91 Å². The minimum atomic E-state index is 0.00884. The number of hydrogen-bond acceptors (Lipinski definition) is 4. The van der Waals surface area contributed by atoms with Crippen LogP contribution in [0.5, 0.6) is 0 Å². The highest BCUT2D eigenvalue weighted by molar-refractivity contribution is 5.91. The molecule has 21 heavy (non-hydrogen) atoms. The molecule has 2 saturated heterocycles. The first-order valence-corrected chi connectivity index (χ1v) is 7.39. The van der Waals surface area contributed by atoms with E-state index in [1.54, 1.807) is 24.7 Å². The number of amides is 1. The molecule has 2 aromatic rings. The van der Waals surface area contributed by atoms with E-state index >= 15 is 0 Å². The minimum absolute atomic E-state index is 0.00884. The highest BCUT2D eigenvalue weighted by atomic mass is 16.3. The molecule has 5 heteroatoms. The molecule has 1 amide bonds. The highest BCUT2D eigenvalue weighted by Gasteiger charge is 2.40. The van der Waals surface area contributed by atoms with Crippen molar-refractivity contribution in [2.24, 2.45) is 5.92 Å². The molecule has 2 atom stereocenters. The Balaban J connectivity index is 1.45. The number of carbonyl (C=O) groups is 1. The second-order valence-electron chi connectivity index (χ2n) is 5.95. The third kappa shape index (κ3) is 2.38. The number of rotatable bonds is 3. The SMILES string of the molecule is O=C(c1ccco1)N1CC2CC(C1)N(Cc1ccco1)C2. The lowest BCUT2D eigenvalue weighted by Gasteiger charge is -2.32. The summed E-state index contributed by atoms with van der Waals surface area (Å²) in [4.78, 5) is 16.8. The quantitative estimate of drug-likeness (QED) is 0.868. The van der Waals surface area contributed by atoms with E-state index in [-0.39, 0.29) is 5.91 Å². The van der Waals surface area contributed by atoms with Crippen molar-refractivity contribution in [1.82, 2.24) is 9.80 Å². The number of fused-ring (bicyclic) bond motifs is 2. The Morgan fingerprint density at radius 2 is 2.00 bits per heavy atom. The first-order valence-electron chi connectivity index (χ1n) is 7.39. The lowest BCUT2D eigenvalue weighted by atomic mass is 10.00. The Hall–Kier alpha value is -2.01. The van der Waals surface area contributed by atoms with Crippen LogP contribution in [0.3, 0.4) is 0 Å². The summed E-state index contributed by atoms with van der Waals surface area (Å²) in [5, 5.41) is 0. The summed E-state index contributed by atoms with van der Waals surface area (Å²) in [6.45, 7) is 3.46. The first kappa shape index (κ1) is 12.7. The van der Waals surface area contributed by atoms with Crippen LogP contribution >= 0.6 is 0 Å². The van der Waals surface area contributed by atoms with Crippen LogP contribution in [0.2, 0.25) is 0 Å². The van der Waals surface area contributed by atoms with E-state index in [9.17, 15) is 4.79 Å². The molecule has 0 spiro atoms. The van der Waals surface area contributed by atoms with Gasteiger partial charge in [-0.15, -0.1) is 0 Å². The smallest absolute Gasteiger partial charge is 0.289 e. The summed E-state index contributed by atoms with van der Waals surface area (Å²) >= 11 is 0. The van der Waals surface area contributed by atoms with Gasteiger partial charge in [0.1, 0.15) is 5.76 Å². The Morgan fingerprint density at radius 1 is 1.14 bits per heavy atom. The first-order chi connectivity index (χ1) is 10.3. The van der Waals surface area contributed by atoms with Crippen molar-refractivity contribution in [1.29, 1.82) is 0 Å². The predicted molar refractivity (Wildman–Crippen MR) is 75.6 cm³/mol. The standard InChI is InChI=1S/C16H18N2O3/c19-16(15-4-2-6-21-15)18-9-12-7-13(10-18)17(8-12)11-14-3-1-5-20-14/h1-6,12-13H,7-11H2. The van der Waals surface area contributed by atoms with Crippen LogP contribution in [-0.4, -0.2) is 41.4 Å². The highest BCUT2D eigenvalue weighted by Crippen LogP contribution is 2.31. The summed E-state index contributed by atoms with van der Waals surface area (Å²) in [7, 11) is 0. The van der Waals surface area contributed by atoms with Gasteiger partial charge in [0.15, 0.2) is 5.76 Å². The van der Waals surface area contributed by atoms with Crippen molar-refractivity contribution in [3.63, 3.8) is 0 Å². The van der Waals surface area contributed by atoms with Crippen molar-refractivity contribution in [2.45, 2.75) is 19.0 Å².